The molecule has 0 saturated carbocycles. The number of thiazole rings is 1. The van der Waals surface area contributed by atoms with Crippen molar-refractivity contribution < 1.29 is 17.9 Å². The maximum absolute atomic E-state index is 12.3. The fourth-order valence-corrected chi connectivity index (χ4v) is 4.60. The lowest BCUT2D eigenvalue weighted by Crippen LogP contribution is -2.38. The molecule has 0 radical (unpaired) electrons. The van der Waals surface area contributed by atoms with E-state index in [0.717, 1.165) is 29.1 Å². The first-order chi connectivity index (χ1) is 11.9. The summed E-state index contributed by atoms with van der Waals surface area (Å²) in [6.07, 6.45) is 2.26. The highest BCUT2D eigenvalue weighted by atomic mass is 32.2. The van der Waals surface area contributed by atoms with Crippen molar-refractivity contribution in [3.8, 4) is 11.3 Å². The van der Waals surface area contributed by atoms with Gasteiger partial charge in [-0.3, -0.25) is 4.79 Å². The molecule has 0 aliphatic carbocycles. The van der Waals surface area contributed by atoms with E-state index in [2.05, 4.69) is 9.71 Å². The van der Waals surface area contributed by atoms with Crippen molar-refractivity contribution in [2.24, 2.45) is 0 Å². The molecule has 0 spiro atoms. The molecule has 134 valence electrons. The van der Waals surface area contributed by atoms with Gasteiger partial charge in [-0.2, -0.15) is 0 Å². The summed E-state index contributed by atoms with van der Waals surface area (Å²) in [6.45, 7) is 2.48. The van der Waals surface area contributed by atoms with Crippen LogP contribution in [0.2, 0.25) is 0 Å². The molecule has 8 heteroatoms. The zero-order chi connectivity index (χ0) is 17.9. The lowest BCUT2D eigenvalue weighted by Gasteiger charge is -2.22. The second-order valence-electron chi connectivity index (χ2n) is 6.03. The molecule has 1 saturated heterocycles. The largest absolute Gasteiger partial charge is 0.377 e. The van der Waals surface area contributed by atoms with E-state index < -0.39 is 15.9 Å². The van der Waals surface area contributed by atoms with Gasteiger partial charge in [-0.1, -0.05) is 12.1 Å². The third-order valence-electron chi connectivity index (χ3n) is 3.97. The molecule has 2 aromatic rings. The first-order valence-corrected chi connectivity index (χ1v) is 10.7. The average molecular weight is 380 g/mol. The average Bonchev–Trinajstić information content (AvgIpc) is 3.01. The van der Waals surface area contributed by atoms with Crippen LogP contribution in [0, 0.1) is 6.92 Å². The third-order valence-corrected chi connectivity index (χ3v) is 6.05. The fourth-order valence-electron chi connectivity index (χ4n) is 2.74. The predicted octanol–water partition coefficient (Wildman–Crippen LogP) is 2.75. The molecule has 1 aliphatic heterocycles. The van der Waals surface area contributed by atoms with E-state index in [0.29, 0.717) is 13.0 Å². The van der Waals surface area contributed by atoms with Crippen molar-refractivity contribution in [2.75, 3.05) is 12.4 Å². The van der Waals surface area contributed by atoms with Gasteiger partial charge in [0.2, 0.25) is 10.0 Å². The summed E-state index contributed by atoms with van der Waals surface area (Å²) in [5.41, 5.74) is 1.84. The van der Waals surface area contributed by atoms with Crippen LogP contribution in [0.3, 0.4) is 0 Å². The number of carbonyl (C=O) groups excluding carboxylic acids is 1. The summed E-state index contributed by atoms with van der Waals surface area (Å²) in [7, 11) is -3.74. The number of amides is 1. The molecule has 1 aliphatic rings. The molecule has 0 unspecified atom stereocenters. The van der Waals surface area contributed by atoms with Gasteiger partial charge in [0.1, 0.15) is 0 Å². The highest BCUT2D eigenvalue weighted by Gasteiger charge is 2.24. The number of hydrogen-bond donors (Lipinski definition) is 1. The van der Waals surface area contributed by atoms with Crippen molar-refractivity contribution in [3.05, 3.63) is 40.2 Å². The number of nitrogens with one attached hydrogen (secondary N) is 1. The van der Waals surface area contributed by atoms with Crippen LogP contribution in [-0.4, -0.2) is 37.8 Å². The second-order valence-corrected chi connectivity index (χ2v) is 8.86. The van der Waals surface area contributed by atoms with Gasteiger partial charge >= 0.3 is 0 Å². The van der Waals surface area contributed by atoms with Crippen LogP contribution >= 0.6 is 11.3 Å². The summed E-state index contributed by atoms with van der Waals surface area (Å²) in [6, 6.07) is 6.80. The standard InChI is InChI=1S/C17H20N2O4S2/c1-12-18-16(10-24-12)13-5-4-6-14(9-13)17(20)19-25(21,22)11-15-7-2-3-8-23-15/h4-6,9-10,15H,2-3,7-8,11H2,1H3,(H,19,20)/t15-/m1/s1. The molecule has 1 amide bonds. The zero-order valence-electron chi connectivity index (χ0n) is 13.9. The quantitative estimate of drug-likeness (QED) is 0.862. The lowest BCUT2D eigenvalue weighted by molar-refractivity contribution is 0.0304. The van der Waals surface area contributed by atoms with Gasteiger partial charge in [0.15, 0.2) is 0 Å². The molecule has 1 aromatic carbocycles. The van der Waals surface area contributed by atoms with Crippen LogP contribution in [-0.2, 0) is 14.8 Å². The molecule has 1 atom stereocenters. The third kappa shape index (κ3) is 4.87. The topological polar surface area (TPSA) is 85.4 Å². The Morgan fingerprint density at radius 1 is 1.40 bits per heavy atom. The molecular weight excluding hydrogens is 360 g/mol. The molecule has 6 nitrogen and oxygen atoms in total. The van der Waals surface area contributed by atoms with Gasteiger partial charge in [-0.05, 0) is 38.3 Å². The zero-order valence-corrected chi connectivity index (χ0v) is 15.5. The van der Waals surface area contributed by atoms with E-state index in [1.807, 2.05) is 18.4 Å². The summed E-state index contributed by atoms with van der Waals surface area (Å²) < 4.78 is 32.0. The molecule has 1 fully saturated rings. The molecule has 25 heavy (non-hydrogen) atoms. The van der Waals surface area contributed by atoms with Crippen molar-refractivity contribution in [3.63, 3.8) is 0 Å². The van der Waals surface area contributed by atoms with Crippen LogP contribution in [0.4, 0.5) is 0 Å². The number of carbonyl (C=O) groups is 1. The van der Waals surface area contributed by atoms with Gasteiger partial charge < -0.3 is 4.74 Å². The van der Waals surface area contributed by atoms with Crippen LogP contribution in [0.5, 0.6) is 0 Å². The van der Waals surface area contributed by atoms with Gasteiger partial charge in [0, 0.05) is 23.1 Å². The molecule has 3 rings (SSSR count). The van der Waals surface area contributed by atoms with Crippen molar-refractivity contribution in [1.82, 2.24) is 9.71 Å². The Morgan fingerprint density at radius 3 is 2.92 bits per heavy atom. The second kappa shape index (κ2) is 7.63. The number of hydrogen-bond acceptors (Lipinski definition) is 6. The van der Waals surface area contributed by atoms with Gasteiger partial charge in [-0.25, -0.2) is 18.1 Å². The van der Waals surface area contributed by atoms with E-state index in [1.54, 1.807) is 18.2 Å². The van der Waals surface area contributed by atoms with E-state index in [4.69, 9.17) is 4.74 Å². The number of nitrogens with zero attached hydrogens (tertiary/aromatic N) is 1. The Labute approximate surface area is 151 Å². The number of aryl methyl sites for hydroxylation is 1. The van der Waals surface area contributed by atoms with Crippen molar-refractivity contribution >= 4 is 27.3 Å². The Balaban J connectivity index is 1.70. The molecule has 1 N–H and O–H groups in total. The number of rotatable bonds is 5. The van der Waals surface area contributed by atoms with E-state index in [9.17, 15) is 13.2 Å². The minimum absolute atomic E-state index is 0.191. The minimum atomic E-state index is -3.74. The first kappa shape index (κ1) is 18.0. The lowest BCUT2D eigenvalue weighted by atomic mass is 10.1. The maximum Gasteiger partial charge on any atom is 0.264 e. The smallest absolute Gasteiger partial charge is 0.264 e. The summed E-state index contributed by atoms with van der Waals surface area (Å²) >= 11 is 1.52. The summed E-state index contributed by atoms with van der Waals surface area (Å²) in [5, 5.41) is 2.84. The highest BCUT2D eigenvalue weighted by Crippen LogP contribution is 2.22. The van der Waals surface area contributed by atoms with Crippen LogP contribution in [0.15, 0.2) is 29.6 Å². The normalized spacial score (nSPS) is 18.0. The fraction of sp³-hybridized carbons (Fsp3) is 0.412. The molecule has 1 aromatic heterocycles. The van der Waals surface area contributed by atoms with Crippen LogP contribution < -0.4 is 4.72 Å². The monoisotopic (exact) mass is 380 g/mol. The Hall–Kier alpha value is -1.77. The number of sulfonamides is 1. The first-order valence-electron chi connectivity index (χ1n) is 8.12. The number of benzene rings is 1. The van der Waals surface area contributed by atoms with Crippen molar-refractivity contribution in [2.45, 2.75) is 32.3 Å². The predicted molar refractivity (Wildman–Crippen MR) is 97.1 cm³/mol. The van der Waals surface area contributed by atoms with Gasteiger partial charge in [0.05, 0.1) is 22.6 Å². The highest BCUT2D eigenvalue weighted by molar-refractivity contribution is 7.90. The van der Waals surface area contributed by atoms with E-state index in [1.165, 1.54) is 11.3 Å². The van der Waals surface area contributed by atoms with Gasteiger partial charge in [-0.15, -0.1) is 11.3 Å². The Bertz CT molecular complexity index is 855. The molecular formula is C17H20N2O4S2. The Kier molecular flexibility index (Phi) is 5.51. The van der Waals surface area contributed by atoms with Gasteiger partial charge in [0.25, 0.3) is 5.91 Å². The number of ether oxygens (including phenoxy) is 1. The van der Waals surface area contributed by atoms with E-state index in [-0.39, 0.29) is 17.4 Å². The number of aromatic nitrogens is 1. The van der Waals surface area contributed by atoms with E-state index >= 15 is 0 Å². The SMILES string of the molecule is Cc1nc(-c2cccc(C(=O)NS(=O)(=O)C[C@H]3CCCCO3)c2)cs1. The molecule has 2 heterocycles. The summed E-state index contributed by atoms with van der Waals surface area (Å²) in [5.74, 6) is -0.825. The van der Waals surface area contributed by atoms with Crippen LogP contribution in [0.25, 0.3) is 11.3 Å². The maximum atomic E-state index is 12.3. The molecule has 0 bridgehead atoms. The van der Waals surface area contributed by atoms with Crippen molar-refractivity contribution in [1.29, 1.82) is 0 Å². The summed E-state index contributed by atoms with van der Waals surface area (Å²) in [4.78, 5) is 16.7. The Morgan fingerprint density at radius 2 is 2.24 bits per heavy atom. The minimum Gasteiger partial charge on any atom is -0.377 e. The van der Waals surface area contributed by atoms with Crippen LogP contribution in [0.1, 0.15) is 34.6 Å².